The molecule has 0 bridgehead atoms. The molecule has 7 nitrogen and oxygen atoms in total. The fourth-order valence-electron chi connectivity index (χ4n) is 4.43. The molecule has 1 aliphatic heterocycles. The van der Waals surface area contributed by atoms with Crippen molar-refractivity contribution < 1.29 is 44.7 Å². The lowest BCUT2D eigenvalue weighted by molar-refractivity contribution is -0.204. The van der Waals surface area contributed by atoms with Crippen molar-refractivity contribution in [2.45, 2.75) is 56.5 Å². The molecule has 4 atom stereocenters. The number of ether oxygens (including phenoxy) is 4. The Kier molecular flexibility index (Phi) is 9.98. The van der Waals surface area contributed by atoms with Gasteiger partial charge in [-0.1, -0.05) is 60.7 Å². The van der Waals surface area contributed by atoms with E-state index in [1.807, 2.05) is 67.6 Å². The third-order valence-electron chi connectivity index (χ3n) is 6.37. The number of rotatable bonds is 10. The van der Waals surface area contributed by atoms with E-state index >= 15 is 0 Å². The van der Waals surface area contributed by atoms with Crippen LogP contribution in [0.2, 0.25) is 0 Å². The molecule has 1 heterocycles. The van der Waals surface area contributed by atoms with E-state index < -0.39 is 45.8 Å². The molecular weight excluding hydrogens is 664 g/mol. The molecule has 0 aromatic heterocycles. The number of hydrogen-bond acceptors (Lipinski definition) is 7. The zero-order valence-electron chi connectivity index (χ0n) is 21.6. The van der Waals surface area contributed by atoms with E-state index in [1.54, 1.807) is 22.6 Å². The molecule has 0 aliphatic carbocycles. The largest absolute Gasteiger partial charge is 0.534 e. The number of hydrogen-bond donors (Lipinski definition) is 0. The first kappa shape index (κ1) is 30.6. The Morgan fingerprint density at radius 1 is 0.925 bits per heavy atom. The first-order valence-electron chi connectivity index (χ1n) is 12.3. The highest BCUT2D eigenvalue weighted by atomic mass is 127. The van der Waals surface area contributed by atoms with Gasteiger partial charge in [-0.25, -0.2) is 0 Å². The third kappa shape index (κ3) is 7.27. The highest BCUT2D eigenvalue weighted by Crippen LogP contribution is 2.44. The van der Waals surface area contributed by atoms with Crippen LogP contribution in [0.25, 0.3) is 0 Å². The van der Waals surface area contributed by atoms with Crippen LogP contribution in [0.15, 0.2) is 72.8 Å². The molecule has 1 aliphatic rings. The molecule has 0 N–H and O–H groups in total. The SMILES string of the molecule is COc1c(C2C[C@@H](OCc3ccccc3)[C@H](OCc3ccccc3)[C@@H](C)O2)ccc(OS(=O)(=O)C(F)(F)F)c1I. The molecule has 216 valence electrons. The van der Waals surface area contributed by atoms with Gasteiger partial charge in [0, 0.05) is 12.0 Å². The summed E-state index contributed by atoms with van der Waals surface area (Å²) in [5.41, 5.74) is -3.06. The Hall–Kier alpha value is -2.39. The zero-order valence-corrected chi connectivity index (χ0v) is 24.6. The molecule has 1 unspecified atom stereocenters. The molecule has 4 rings (SSSR count). The fourth-order valence-corrected chi connectivity index (χ4v) is 5.87. The van der Waals surface area contributed by atoms with E-state index in [0.717, 1.165) is 17.2 Å². The van der Waals surface area contributed by atoms with Crippen LogP contribution in [0.3, 0.4) is 0 Å². The molecule has 3 aromatic rings. The predicted molar refractivity (Wildman–Crippen MR) is 149 cm³/mol. The third-order valence-corrected chi connectivity index (χ3v) is 8.36. The maximum Gasteiger partial charge on any atom is 0.534 e. The average molecular weight is 692 g/mol. The molecule has 40 heavy (non-hydrogen) atoms. The van der Waals surface area contributed by atoms with Crippen LogP contribution < -0.4 is 8.92 Å². The lowest BCUT2D eigenvalue weighted by Gasteiger charge is -2.41. The zero-order chi connectivity index (χ0) is 28.9. The van der Waals surface area contributed by atoms with Gasteiger partial charge in [0.05, 0.1) is 42.2 Å². The summed E-state index contributed by atoms with van der Waals surface area (Å²) in [4.78, 5) is 0. The summed E-state index contributed by atoms with van der Waals surface area (Å²) in [5.74, 6) is -0.346. The Bertz CT molecular complexity index is 1370. The fraction of sp³-hybridized carbons (Fsp3) is 0.357. The van der Waals surface area contributed by atoms with E-state index in [9.17, 15) is 21.6 Å². The Labute approximate surface area is 244 Å². The minimum Gasteiger partial charge on any atom is -0.495 e. The van der Waals surface area contributed by atoms with Gasteiger partial charge in [0.25, 0.3) is 0 Å². The van der Waals surface area contributed by atoms with Gasteiger partial charge in [0.2, 0.25) is 0 Å². The van der Waals surface area contributed by atoms with E-state index in [-0.39, 0.29) is 9.32 Å². The van der Waals surface area contributed by atoms with Gasteiger partial charge < -0.3 is 23.1 Å². The number of halogens is 4. The smallest absolute Gasteiger partial charge is 0.495 e. The van der Waals surface area contributed by atoms with Crippen LogP contribution in [0, 0.1) is 3.57 Å². The molecule has 12 heteroatoms. The van der Waals surface area contributed by atoms with Crippen molar-refractivity contribution in [3.8, 4) is 11.5 Å². The summed E-state index contributed by atoms with van der Waals surface area (Å²) >= 11 is 1.70. The Morgan fingerprint density at radius 3 is 2.05 bits per heavy atom. The second-order valence-corrected chi connectivity index (χ2v) is 11.8. The number of methoxy groups -OCH3 is 1. The van der Waals surface area contributed by atoms with Crippen molar-refractivity contribution in [3.05, 3.63) is 93.1 Å². The normalized spacial score (nSPS) is 21.6. The van der Waals surface area contributed by atoms with Crippen LogP contribution in [-0.2, 0) is 37.5 Å². The van der Waals surface area contributed by atoms with E-state index in [0.29, 0.717) is 25.2 Å². The molecule has 1 fully saturated rings. The summed E-state index contributed by atoms with van der Waals surface area (Å²) < 4.78 is 90.7. The van der Waals surface area contributed by atoms with Gasteiger partial charge in [-0.3, -0.25) is 0 Å². The first-order chi connectivity index (χ1) is 19.0. The highest BCUT2D eigenvalue weighted by molar-refractivity contribution is 14.1. The average Bonchev–Trinajstić information content (AvgIpc) is 2.92. The van der Waals surface area contributed by atoms with Gasteiger partial charge in [0.15, 0.2) is 5.75 Å². The molecule has 3 aromatic carbocycles. The van der Waals surface area contributed by atoms with Crippen LogP contribution >= 0.6 is 22.6 Å². The summed E-state index contributed by atoms with van der Waals surface area (Å²) in [5, 5.41) is 0. The van der Waals surface area contributed by atoms with Crippen molar-refractivity contribution in [2.75, 3.05) is 7.11 Å². The lowest BCUT2D eigenvalue weighted by atomic mass is 9.93. The summed E-state index contributed by atoms with van der Waals surface area (Å²) in [7, 11) is -4.51. The molecule has 1 saturated heterocycles. The van der Waals surface area contributed by atoms with Crippen molar-refractivity contribution >= 4 is 32.7 Å². The van der Waals surface area contributed by atoms with E-state index in [1.165, 1.54) is 13.2 Å². The van der Waals surface area contributed by atoms with Crippen molar-refractivity contribution in [2.24, 2.45) is 0 Å². The number of benzene rings is 3. The van der Waals surface area contributed by atoms with Crippen LogP contribution in [0.5, 0.6) is 11.5 Å². The van der Waals surface area contributed by atoms with Gasteiger partial charge in [-0.05, 0) is 52.8 Å². The summed E-state index contributed by atoms with van der Waals surface area (Å²) in [6, 6.07) is 22.0. The maximum atomic E-state index is 12.9. The second-order valence-electron chi connectivity index (χ2n) is 9.15. The predicted octanol–water partition coefficient (Wildman–Crippen LogP) is 6.55. The topological polar surface area (TPSA) is 80.3 Å². The quantitative estimate of drug-likeness (QED) is 0.136. The monoisotopic (exact) mass is 692 g/mol. The summed E-state index contributed by atoms with van der Waals surface area (Å²) in [6.07, 6.45) is -1.47. The molecular formula is C28H28F3IO7S. The van der Waals surface area contributed by atoms with Crippen LogP contribution in [0.1, 0.15) is 36.1 Å². The van der Waals surface area contributed by atoms with Crippen LogP contribution in [0.4, 0.5) is 13.2 Å². The van der Waals surface area contributed by atoms with Gasteiger partial charge >= 0.3 is 15.6 Å². The van der Waals surface area contributed by atoms with Crippen molar-refractivity contribution in [1.82, 2.24) is 0 Å². The van der Waals surface area contributed by atoms with Crippen LogP contribution in [-0.4, -0.2) is 39.3 Å². The van der Waals surface area contributed by atoms with Gasteiger partial charge in [-0.15, -0.1) is 0 Å². The lowest BCUT2D eigenvalue weighted by Crippen LogP contribution is -2.47. The van der Waals surface area contributed by atoms with Crippen molar-refractivity contribution in [1.29, 1.82) is 0 Å². The summed E-state index contributed by atoms with van der Waals surface area (Å²) in [6.45, 7) is 2.56. The van der Waals surface area contributed by atoms with Crippen molar-refractivity contribution in [3.63, 3.8) is 0 Å². The second kappa shape index (κ2) is 13.1. The minimum atomic E-state index is -5.85. The molecule has 0 radical (unpaired) electrons. The maximum absolute atomic E-state index is 12.9. The van der Waals surface area contributed by atoms with Gasteiger partial charge in [-0.2, -0.15) is 21.6 Å². The van der Waals surface area contributed by atoms with E-state index in [2.05, 4.69) is 4.18 Å². The Morgan fingerprint density at radius 2 is 1.50 bits per heavy atom. The minimum absolute atomic E-state index is 0.0610. The number of alkyl halides is 3. The van der Waals surface area contributed by atoms with E-state index in [4.69, 9.17) is 18.9 Å². The standard InChI is InChI=1S/C28H28F3IO7S/c1-18-26(37-17-20-11-7-4-8-12-20)24(36-16-19-9-5-3-6-10-19)15-23(38-18)21-13-14-22(25(32)27(21)35-2)39-40(33,34)28(29,30)31/h3-14,18,23-24,26H,15-17H2,1-2H3/t18-,23?,24-,26-/m1/s1. The molecule has 0 amide bonds. The highest BCUT2D eigenvalue weighted by Gasteiger charge is 2.49. The Balaban J connectivity index is 1.59. The first-order valence-corrected chi connectivity index (χ1v) is 14.8. The molecule has 0 spiro atoms. The van der Waals surface area contributed by atoms with Gasteiger partial charge in [0.1, 0.15) is 11.9 Å². The molecule has 0 saturated carbocycles.